The van der Waals surface area contributed by atoms with Crippen molar-refractivity contribution in [2.75, 3.05) is 23.8 Å². The first-order chi connectivity index (χ1) is 12.1. The van der Waals surface area contributed by atoms with Gasteiger partial charge in [0.05, 0.1) is 0 Å². The molecule has 5 nitrogen and oxygen atoms in total. The van der Waals surface area contributed by atoms with Crippen molar-refractivity contribution in [1.29, 1.82) is 0 Å². The number of rotatable bonds is 6. The number of nitrogens with zero attached hydrogens (tertiary/aromatic N) is 4. The summed E-state index contributed by atoms with van der Waals surface area (Å²) in [6.45, 7) is 2.82. The van der Waals surface area contributed by atoms with E-state index in [9.17, 15) is 0 Å². The summed E-state index contributed by atoms with van der Waals surface area (Å²) >= 11 is 6.03. The van der Waals surface area contributed by atoms with Gasteiger partial charge in [-0.1, -0.05) is 17.7 Å². The molecular formula is C19H20ClN5. The summed E-state index contributed by atoms with van der Waals surface area (Å²) in [5.74, 6) is 1.44. The van der Waals surface area contributed by atoms with Crippen LogP contribution in [-0.4, -0.2) is 28.5 Å². The van der Waals surface area contributed by atoms with E-state index < -0.39 is 0 Å². The van der Waals surface area contributed by atoms with E-state index in [2.05, 4.69) is 25.2 Å². The Morgan fingerprint density at radius 2 is 1.88 bits per heavy atom. The molecule has 0 radical (unpaired) electrons. The zero-order valence-electron chi connectivity index (χ0n) is 14.3. The quantitative estimate of drug-likeness (QED) is 0.717. The molecule has 0 bridgehead atoms. The van der Waals surface area contributed by atoms with Crippen molar-refractivity contribution in [2.45, 2.75) is 13.3 Å². The molecule has 1 N–H and O–H groups in total. The van der Waals surface area contributed by atoms with Crippen molar-refractivity contribution in [2.24, 2.45) is 0 Å². The molecule has 2 aromatic heterocycles. The molecule has 6 heteroatoms. The highest BCUT2D eigenvalue weighted by Crippen LogP contribution is 2.20. The van der Waals surface area contributed by atoms with Crippen molar-refractivity contribution in [1.82, 2.24) is 15.0 Å². The number of anilines is 3. The van der Waals surface area contributed by atoms with Gasteiger partial charge < -0.3 is 10.2 Å². The Kier molecular flexibility index (Phi) is 5.46. The molecule has 0 aliphatic carbocycles. The van der Waals surface area contributed by atoms with Crippen molar-refractivity contribution in [3.05, 3.63) is 71.1 Å². The average Bonchev–Trinajstić information content (AvgIpc) is 2.60. The maximum Gasteiger partial charge on any atom is 0.229 e. The molecule has 0 unspecified atom stereocenters. The second kappa shape index (κ2) is 7.94. The van der Waals surface area contributed by atoms with Crippen LogP contribution in [0.4, 0.5) is 17.5 Å². The van der Waals surface area contributed by atoms with Crippen LogP contribution in [0.3, 0.4) is 0 Å². The summed E-state index contributed by atoms with van der Waals surface area (Å²) in [6.07, 6.45) is 4.56. The lowest BCUT2D eigenvalue weighted by Crippen LogP contribution is -2.22. The van der Waals surface area contributed by atoms with E-state index in [0.29, 0.717) is 11.0 Å². The van der Waals surface area contributed by atoms with E-state index in [0.717, 1.165) is 30.2 Å². The average molecular weight is 354 g/mol. The number of halogens is 1. The number of likely N-dealkylation sites (N-methyl/N-ethyl adjacent to an activating group) is 1. The van der Waals surface area contributed by atoms with Gasteiger partial charge in [0.25, 0.3) is 0 Å². The number of hydrogen-bond donors (Lipinski definition) is 1. The van der Waals surface area contributed by atoms with Gasteiger partial charge in [-0.05, 0) is 49.2 Å². The standard InChI is InChI=1S/C19H20ClN5/c1-14-12-18(25(2)11-8-15-6-9-21-10-7-15)24-19(22-14)23-17-5-3-4-16(20)13-17/h3-7,9-10,12-13H,8,11H2,1-2H3,(H,22,23,24). The summed E-state index contributed by atoms with van der Waals surface area (Å²) in [4.78, 5) is 15.2. The zero-order chi connectivity index (χ0) is 17.6. The van der Waals surface area contributed by atoms with Crippen LogP contribution in [0.2, 0.25) is 5.02 Å². The van der Waals surface area contributed by atoms with Gasteiger partial charge in [-0.15, -0.1) is 0 Å². The van der Waals surface area contributed by atoms with Crippen molar-refractivity contribution >= 4 is 29.1 Å². The van der Waals surface area contributed by atoms with Crippen LogP contribution in [0.5, 0.6) is 0 Å². The molecule has 0 aliphatic rings. The lowest BCUT2D eigenvalue weighted by molar-refractivity contribution is 0.853. The summed E-state index contributed by atoms with van der Waals surface area (Å²) in [7, 11) is 2.03. The summed E-state index contributed by atoms with van der Waals surface area (Å²) in [6, 6.07) is 13.6. The maximum absolute atomic E-state index is 6.03. The summed E-state index contributed by atoms with van der Waals surface area (Å²) < 4.78 is 0. The molecule has 0 saturated carbocycles. The zero-order valence-corrected chi connectivity index (χ0v) is 15.0. The topological polar surface area (TPSA) is 53.9 Å². The minimum atomic E-state index is 0.563. The first-order valence-corrected chi connectivity index (χ1v) is 8.46. The van der Waals surface area contributed by atoms with Gasteiger partial charge in [-0.25, -0.2) is 4.98 Å². The van der Waals surface area contributed by atoms with E-state index in [1.54, 1.807) is 0 Å². The largest absolute Gasteiger partial charge is 0.359 e. The number of benzene rings is 1. The fraction of sp³-hybridized carbons (Fsp3) is 0.211. The van der Waals surface area contributed by atoms with Crippen LogP contribution in [-0.2, 0) is 6.42 Å². The molecule has 0 fully saturated rings. The Morgan fingerprint density at radius 1 is 1.08 bits per heavy atom. The van der Waals surface area contributed by atoms with E-state index in [1.807, 2.05) is 68.8 Å². The predicted octanol–water partition coefficient (Wildman–Crippen LogP) is 4.26. The summed E-state index contributed by atoms with van der Waals surface area (Å²) in [5, 5.41) is 3.89. The van der Waals surface area contributed by atoms with Crippen molar-refractivity contribution in [3.63, 3.8) is 0 Å². The Hall–Kier alpha value is -2.66. The van der Waals surface area contributed by atoms with Crippen LogP contribution in [0, 0.1) is 6.92 Å². The predicted molar refractivity (Wildman–Crippen MR) is 103 cm³/mol. The third-order valence-electron chi connectivity index (χ3n) is 3.80. The Bertz CT molecular complexity index is 838. The SMILES string of the molecule is Cc1cc(N(C)CCc2ccncc2)nc(Nc2cccc(Cl)c2)n1. The number of aromatic nitrogens is 3. The normalized spacial score (nSPS) is 10.5. The third kappa shape index (κ3) is 4.90. The molecule has 25 heavy (non-hydrogen) atoms. The Morgan fingerprint density at radius 3 is 2.64 bits per heavy atom. The molecule has 1 aromatic carbocycles. The fourth-order valence-corrected chi connectivity index (χ4v) is 2.65. The van der Waals surface area contributed by atoms with Crippen LogP contribution in [0.25, 0.3) is 0 Å². The molecule has 3 aromatic rings. The van der Waals surface area contributed by atoms with E-state index >= 15 is 0 Å². The smallest absolute Gasteiger partial charge is 0.229 e. The van der Waals surface area contributed by atoms with Crippen LogP contribution >= 0.6 is 11.6 Å². The van der Waals surface area contributed by atoms with Gasteiger partial charge in [0.2, 0.25) is 5.95 Å². The highest BCUT2D eigenvalue weighted by atomic mass is 35.5. The monoisotopic (exact) mass is 353 g/mol. The number of hydrogen-bond acceptors (Lipinski definition) is 5. The number of aryl methyl sites for hydroxylation is 1. The fourth-order valence-electron chi connectivity index (χ4n) is 2.46. The van der Waals surface area contributed by atoms with Gasteiger partial charge >= 0.3 is 0 Å². The van der Waals surface area contributed by atoms with E-state index in [-0.39, 0.29) is 0 Å². The van der Waals surface area contributed by atoms with Gasteiger partial charge in [0.1, 0.15) is 5.82 Å². The lowest BCUT2D eigenvalue weighted by atomic mass is 10.2. The lowest BCUT2D eigenvalue weighted by Gasteiger charge is -2.19. The van der Waals surface area contributed by atoms with E-state index in [4.69, 9.17) is 11.6 Å². The van der Waals surface area contributed by atoms with Gasteiger partial charge in [-0.2, -0.15) is 4.98 Å². The molecule has 0 saturated heterocycles. The molecular weight excluding hydrogens is 334 g/mol. The molecule has 128 valence electrons. The molecule has 0 atom stereocenters. The first kappa shape index (κ1) is 17.2. The Labute approximate surface area is 152 Å². The van der Waals surface area contributed by atoms with Gasteiger partial charge in [0.15, 0.2) is 0 Å². The molecule has 0 amide bonds. The van der Waals surface area contributed by atoms with Crippen LogP contribution < -0.4 is 10.2 Å². The van der Waals surface area contributed by atoms with Crippen LogP contribution in [0.1, 0.15) is 11.3 Å². The summed E-state index contributed by atoms with van der Waals surface area (Å²) in [5.41, 5.74) is 3.03. The van der Waals surface area contributed by atoms with Crippen LogP contribution in [0.15, 0.2) is 54.9 Å². The minimum absolute atomic E-state index is 0.563. The highest BCUT2D eigenvalue weighted by molar-refractivity contribution is 6.30. The second-order valence-electron chi connectivity index (χ2n) is 5.85. The van der Waals surface area contributed by atoms with Crippen molar-refractivity contribution in [3.8, 4) is 0 Å². The molecule has 0 aliphatic heterocycles. The van der Waals surface area contributed by atoms with Crippen molar-refractivity contribution < 1.29 is 0 Å². The molecule has 3 rings (SSSR count). The van der Waals surface area contributed by atoms with Gasteiger partial charge in [-0.3, -0.25) is 4.98 Å². The Balaban J connectivity index is 1.72. The maximum atomic E-state index is 6.03. The van der Waals surface area contributed by atoms with E-state index in [1.165, 1.54) is 5.56 Å². The number of pyridine rings is 1. The highest BCUT2D eigenvalue weighted by Gasteiger charge is 2.08. The minimum Gasteiger partial charge on any atom is -0.359 e. The second-order valence-corrected chi connectivity index (χ2v) is 6.29. The molecule has 2 heterocycles. The first-order valence-electron chi connectivity index (χ1n) is 8.08. The molecule has 0 spiro atoms. The third-order valence-corrected chi connectivity index (χ3v) is 4.03. The van der Waals surface area contributed by atoms with Gasteiger partial charge in [0, 0.05) is 48.5 Å². The number of nitrogens with one attached hydrogen (secondary N) is 1.